The van der Waals surface area contributed by atoms with Crippen molar-refractivity contribution >= 4 is 53.5 Å². The number of halogens is 3. The van der Waals surface area contributed by atoms with Crippen molar-refractivity contribution in [1.29, 1.82) is 0 Å². The summed E-state index contributed by atoms with van der Waals surface area (Å²) >= 11 is 12.5. The van der Waals surface area contributed by atoms with Gasteiger partial charge in [-0.15, -0.1) is 11.6 Å². The minimum Gasteiger partial charge on any atom is -0.207 e. The van der Waals surface area contributed by atoms with Crippen LogP contribution >= 0.6 is 43.5 Å². The van der Waals surface area contributed by atoms with Gasteiger partial charge in [0.1, 0.15) is 0 Å². The van der Waals surface area contributed by atoms with Crippen LogP contribution in [-0.4, -0.2) is 31.7 Å². The van der Waals surface area contributed by atoms with E-state index in [0.717, 1.165) is 17.3 Å². The molecule has 1 heterocycles. The van der Waals surface area contributed by atoms with E-state index in [0.29, 0.717) is 28.3 Å². The quantitative estimate of drug-likeness (QED) is 0.682. The summed E-state index contributed by atoms with van der Waals surface area (Å²) in [5.41, 5.74) is 0. The second kappa shape index (κ2) is 6.43. The number of nitrogens with zero attached hydrogens (tertiary/aromatic N) is 1. The fraction of sp³-hybridized carbons (Fsp3) is 0.500. The number of piperidine rings is 1. The lowest BCUT2D eigenvalue weighted by Crippen LogP contribution is -2.40. The maximum absolute atomic E-state index is 12.7. The van der Waals surface area contributed by atoms with Crippen molar-refractivity contribution in [3.8, 4) is 0 Å². The van der Waals surface area contributed by atoms with Crippen LogP contribution in [0.4, 0.5) is 0 Å². The summed E-state index contributed by atoms with van der Waals surface area (Å²) in [4.78, 5) is 0.303. The molecule has 0 bridgehead atoms. The van der Waals surface area contributed by atoms with Gasteiger partial charge in [0.05, 0.1) is 4.90 Å². The van der Waals surface area contributed by atoms with E-state index in [1.807, 2.05) is 0 Å². The fourth-order valence-electron chi connectivity index (χ4n) is 2.19. The first-order valence-corrected chi connectivity index (χ1v) is 9.52. The number of hydrogen-bond donors (Lipinski definition) is 0. The van der Waals surface area contributed by atoms with Gasteiger partial charge in [0.25, 0.3) is 0 Å². The maximum atomic E-state index is 12.7. The van der Waals surface area contributed by atoms with Crippen molar-refractivity contribution < 1.29 is 8.42 Å². The Labute approximate surface area is 135 Å². The van der Waals surface area contributed by atoms with Gasteiger partial charge in [0.2, 0.25) is 10.0 Å². The average Bonchev–Trinajstić information content (AvgIpc) is 2.41. The molecule has 0 aliphatic carbocycles. The second-order valence-electron chi connectivity index (χ2n) is 4.60. The summed E-state index contributed by atoms with van der Waals surface area (Å²) in [5, 5.41) is 0. The average molecular weight is 432 g/mol. The molecular weight excluding hydrogens is 417 g/mol. The fourth-order valence-corrected chi connectivity index (χ4v) is 5.45. The van der Waals surface area contributed by atoms with Crippen molar-refractivity contribution in [2.75, 3.05) is 19.0 Å². The molecule has 1 aliphatic heterocycles. The van der Waals surface area contributed by atoms with E-state index in [4.69, 9.17) is 11.6 Å². The first kappa shape index (κ1) is 15.8. The van der Waals surface area contributed by atoms with Gasteiger partial charge in [0.15, 0.2) is 0 Å². The highest BCUT2D eigenvalue weighted by molar-refractivity contribution is 9.11. The largest absolute Gasteiger partial charge is 0.244 e. The van der Waals surface area contributed by atoms with Crippen LogP contribution in [0.2, 0.25) is 0 Å². The van der Waals surface area contributed by atoms with Crippen LogP contribution in [0.15, 0.2) is 32.0 Å². The zero-order valence-corrected chi connectivity index (χ0v) is 14.9. The lowest BCUT2D eigenvalue weighted by Gasteiger charge is -2.31. The van der Waals surface area contributed by atoms with E-state index >= 15 is 0 Å². The molecule has 1 aromatic rings. The summed E-state index contributed by atoms with van der Waals surface area (Å²) in [6.45, 7) is 1.07. The number of rotatable bonds is 3. The SMILES string of the molecule is O=S(=O)(c1cc(Br)ccc1Br)N1CCCC(CCl)C1. The Balaban J connectivity index is 2.34. The summed E-state index contributed by atoms with van der Waals surface area (Å²) < 4.78 is 28.2. The third-order valence-electron chi connectivity index (χ3n) is 3.21. The Morgan fingerprint density at radius 1 is 1.37 bits per heavy atom. The molecule has 7 heteroatoms. The smallest absolute Gasteiger partial charge is 0.207 e. The van der Waals surface area contributed by atoms with Crippen LogP contribution in [0.25, 0.3) is 0 Å². The Kier molecular flexibility index (Phi) is 5.34. The third-order valence-corrected chi connectivity index (χ3v) is 7.00. The van der Waals surface area contributed by atoms with Gasteiger partial charge >= 0.3 is 0 Å². The van der Waals surface area contributed by atoms with Crippen LogP contribution < -0.4 is 0 Å². The molecule has 1 aliphatic rings. The molecule has 3 nitrogen and oxygen atoms in total. The van der Waals surface area contributed by atoms with Gasteiger partial charge < -0.3 is 0 Å². The minimum atomic E-state index is -3.46. The zero-order valence-electron chi connectivity index (χ0n) is 10.2. The molecule has 0 radical (unpaired) electrons. The normalized spacial score (nSPS) is 21.5. The lowest BCUT2D eigenvalue weighted by atomic mass is 10.0. The summed E-state index contributed by atoms with van der Waals surface area (Å²) in [6.07, 6.45) is 1.86. The lowest BCUT2D eigenvalue weighted by molar-refractivity contribution is 0.283. The minimum absolute atomic E-state index is 0.246. The van der Waals surface area contributed by atoms with Crippen LogP contribution in [0.5, 0.6) is 0 Å². The predicted molar refractivity (Wildman–Crippen MR) is 84.0 cm³/mol. The van der Waals surface area contributed by atoms with Gasteiger partial charge in [-0.2, -0.15) is 4.31 Å². The van der Waals surface area contributed by atoms with Crippen molar-refractivity contribution in [2.45, 2.75) is 17.7 Å². The Bertz CT molecular complexity index is 565. The Morgan fingerprint density at radius 2 is 2.11 bits per heavy atom. The molecule has 1 unspecified atom stereocenters. The van der Waals surface area contributed by atoms with Crippen LogP contribution in [0.3, 0.4) is 0 Å². The second-order valence-corrected chi connectivity index (χ2v) is 8.59. The van der Waals surface area contributed by atoms with Crippen molar-refractivity contribution in [3.63, 3.8) is 0 Å². The van der Waals surface area contributed by atoms with E-state index in [2.05, 4.69) is 31.9 Å². The van der Waals surface area contributed by atoms with Gasteiger partial charge in [0, 0.05) is 27.9 Å². The number of alkyl halides is 1. The number of benzene rings is 1. The van der Waals surface area contributed by atoms with Gasteiger partial charge in [-0.1, -0.05) is 15.9 Å². The highest BCUT2D eigenvalue weighted by atomic mass is 79.9. The zero-order chi connectivity index (χ0) is 14.0. The summed E-state index contributed by atoms with van der Waals surface area (Å²) in [6, 6.07) is 5.17. The Hall–Kier alpha value is 0.380. The van der Waals surface area contributed by atoms with Gasteiger partial charge in [-0.05, 0) is 52.9 Å². The molecular formula is C12H14Br2ClNO2S. The van der Waals surface area contributed by atoms with Crippen molar-refractivity contribution in [1.82, 2.24) is 4.31 Å². The molecule has 106 valence electrons. The van der Waals surface area contributed by atoms with E-state index in [-0.39, 0.29) is 5.92 Å². The van der Waals surface area contributed by atoms with E-state index in [9.17, 15) is 8.42 Å². The van der Waals surface area contributed by atoms with Crippen molar-refractivity contribution in [2.24, 2.45) is 5.92 Å². The summed E-state index contributed by atoms with van der Waals surface area (Å²) in [7, 11) is -3.46. The maximum Gasteiger partial charge on any atom is 0.244 e. The van der Waals surface area contributed by atoms with E-state index in [1.165, 1.54) is 4.31 Å². The molecule has 0 saturated carbocycles. The van der Waals surface area contributed by atoms with Crippen molar-refractivity contribution in [3.05, 3.63) is 27.1 Å². The topological polar surface area (TPSA) is 37.4 Å². The van der Waals surface area contributed by atoms with Gasteiger partial charge in [-0.25, -0.2) is 8.42 Å². The number of sulfonamides is 1. The molecule has 0 aromatic heterocycles. The standard InChI is InChI=1S/C12H14Br2ClNO2S/c13-10-3-4-11(14)12(6-10)19(17,18)16-5-1-2-9(7-15)8-16/h3-4,6,9H,1-2,5,7-8H2. The summed E-state index contributed by atoms with van der Waals surface area (Å²) in [5.74, 6) is 0.752. The molecule has 1 atom stereocenters. The molecule has 1 saturated heterocycles. The van der Waals surface area contributed by atoms with Gasteiger partial charge in [-0.3, -0.25) is 0 Å². The molecule has 0 spiro atoms. The van der Waals surface area contributed by atoms with Crippen LogP contribution in [0.1, 0.15) is 12.8 Å². The molecule has 2 rings (SSSR count). The molecule has 0 amide bonds. The number of hydrogen-bond acceptors (Lipinski definition) is 2. The first-order valence-electron chi connectivity index (χ1n) is 5.96. The molecule has 1 fully saturated rings. The highest BCUT2D eigenvalue weighted by Gasteiger charge is 2.31. The third kappa shape index (κ3) is 3.53. The van der Waals surface area contributed by atoms with Crippen LogP contribution in [-0.2, 0) is 10.0 Å². The molecule has 19 heavy (non-hydrogen) atoms. The van der Waals surface area contributed by atoms with Crippen LogP contribution in [0, 0.1) is 5.92 Å². The molecule has 1 aromatic carbocycles. The highest BCUT2D eigenvalue weighted by Crippen LogP contribution is 2.30. The first-order chi connectivity index (χ1) is 8.95. The predicted octanol–water partition coefficient (Wildman–Crippen LogP) is 3.85. The molecule has 0 N–H and O–H groups in total. The van der Waals surface area contributed by atoms with E-state index < -0.39 is 10.0 Å². The monoisotopic (exact) mass is 429 g/mol. The van der Waals surface area contributed by atoms with E-state index in [1.54, 1.807) is 18.2 Å². The Morgan fingerprint density at radius 3 is 2.79 bits per heavy atom.